The van der Waals surface area contributed by atoms with Gasteiger partial charge in [-0.3, -0.25) is 4.84 Å². The Labute approximate surface area is 56.6 Å². The van der Waals surface area contributed by atoms with E-state index in [1.807, 2.05) is 12.3 Å². The lowest BCUT2D eigenvalue weighted by molar-refractivity contribution is 0.120. The summed E-state index contributed by atoms with van der Waals surface area (Å²) in [5, 5.41) is 5.37. The predicted octanol–water partition coefficient (Wildman–Crippen LogP) is 0.995. The zero-order valence-electron chi connectivity index (χ0n) is 5.02. The van der Waals surface area contributed by atoms with E-state index in [9.17, 15) is 0 Å². The second kappa shape index (κ2) is 1.24. The Hall–Kier alpha value is -1.29. The van der Waals surface area contributed by atoms with Gasteiger partial charge in [0.15, 0.2) is 0 Å². The number of hydrogen-bond acceptors (Lipinski definition) is 4. The monoisotopic (exact) mass is 136 g/mol. The van der Waals surface area contributed by atoms with Crippen LogP contribution in [0, 0.1) is 0 Å². The van der Waals surface area contributed by atoms with Gasteiger partial charge in [0.2, 0.25) is 5.82 Å². The van der Waals surface area contributed by atoms with Crippen LogP contribution in [-0.2, 0) is 4.84 Å². The van der Waals surface area contributed by atoms with Crippen LogP contribution in [0.15, 0.2) is 23.1 Å². The van der Waals surface area contributed by atoms with Crippen LogP contribution < -0.4 is 5.06 Å². The number of fused-ring (bicyclic) bond motifs is 5. The Morgan fingerprint density at radius 1 is 1.60 bits per heavy atom. The molecule has 0 saturated carbocycles. The third-order valence-electron chi connectivity index (χ3n) is 1.72. The molecule has 0 radical (unpaired) electrons. The van der Waals surface area contributed by atoms with Crippen LogP contribution in [0.4, 0.5) is 5.82 Å². The van der Waals surface area contributed by atoms with Crippen molar-refractivity contribution in [2.45, 2.75) is 6.10 Å². The van der Waals surface area contributed by atoms with Crippen molar-refractivity contribution >= 4 is 5.82 Å². The molecule has 4 heteroatoms. The van der Waals surface area contributed by atoms with Gasteiger partial charge in [0.05, 0.1) is 5.56 Å². The summed E-state index contributed by atoms with van der Waals surface area (Å²) in [4.78, 5) is 5.28. The van der Waals surface area contributed by atoms with Gasteiger partial charge in [-0.15, -0.1) is 0 Å². The zero-order valence-corrected chi connectivity index (χ0v) is 5.02. The summed E-state index contributed by atoms with van der Waals surface area (Å²) in [7, 11) is 0. The van der Waals surface area contributed by atoms with Gasteiger partial charge in [0, 0.05) is 6.20 Å². The summed E-state index contributed by atoms with van der Waals surface area (Å²) >= 11 is 0. The largest absolute Gasteiger partial charge is 0.362 e. The number of aromatic nitrogens is 1. The maximum Gasteiger partial charge on any atom is 0.206 e. The second-order valence-corrected chi connectivity index (χ2v) is 2.29. The highest BCUT2D eigenvalue weighted by atomic mass is 16.7. The molecule has 2 bridgehead atoms. The van der Waals surface area contributed by atoms with E-state index in [0.29, 0.717) is 0 Å². The summed E-state index contributed by atoms with van der Waals surface area (Å²) in [6, 6.07) is 0. The summed E-state index contributed by atoms with van der Waals surface area (Å²) < 4.78 is 4.76. The van der Waals surface area contributed by atoms with Gasteiger partial charge in [-0.25, -0.2) is 5.06 Å². The van der Waals surface area contributed by atoms with Crippen molar-refractivity contribution in [2.24, 2.45) is 0 Å². The lowest BCUT2D eigenvalue weighted by Gasteiger charge is -2.02. The van der Waals surface area contributed by atoms with Crippen LogP contribution in [0.1, 0.15) is 11.7 Å². The van der Waals surface area contributed by atoms with E-state index in [4.69, 9.17) is 9.36 Å². The van der Waals surface area contributed by atoms with Crippen molar-refractivity contribution in [2.75, 3.05) is 5.06 Å². The topological polar surface area (TPSA) is 38.5 Å². The Bertz CT molecular complexity index is 278. The molecule has 2 aliphatic rings. The highest BCUT2D eigenvalue weighted by Gasteiger charge is 2.35. The highest BCUT2D eigenvalue weighted by Crippen LogP contribution is 2.41. The van der Waals surface area contributed by atoms with Gasteiger partial charge in [-0.2, -0.15) is 0 Å². The number of anilines is 1. The first-order valence-electron chi connectivity index (χ1n) is 3.04. The standard InChI is InChI=1S/C6H4N2O2/c1-2-8-6-4(3-9-7-6)5(1)10-8/h1-3,5H. The molecule has 1 aromatic rings. The van der Waals surface area contributed by atoms with Crippen LogP contribution in [-0.4, -0.2) is 5.16 Å². The minimum atomic E-state index is 0.0428. The average Bonchev–Trinajstić information content (AvgIpc) is 2.60. The molecule has 0 fully saturated rings. The van der Waals surface area contributed by atoms with E-state index in [0.717, 1.165) is 11.4 Å². The van der Waals surface area contributed by atoms with Crippen molar-refractivity contribution in [3.05, 3.63) is 24.1 Å². The molecule has 1 aromatic heterocycles. The molecule has 1 unspecified atom stereocenters. The van der Waals surface area contributed by atoms with Crippen molar-refractivity contribution < 1.29 is 9.36 Å². The van der Waals surface area contributed by atoms with E-state index >= 15 is 0 Å². The van der Waals surface area contributed by atoms with Gasteiger partial charge in [0.25, 0.3) is 0 Å². The smallest absolute Gasteiger partial charge is 0.206 e. The molecule has 0 aliphatic carbocycles. The fourth-order valence-corrected chi connectivity index (χ4v) is 1.23. The van der Waals surface area contributed by atoms with E-state index < -0.39 is 0 Å². The van der Waals surface area contributed by atoms with E-state index in [2.05, 4.69) is 5.16 Å². The number of nitrogens with zero attached hydrogens (tertiary/aromatic N) is 2. The number of hydroxylamine groups is 1. The molecule has 0 saturated heterocycles. The molecule has 0 N–H and O–H groups in total. The molecular formula is C6H4N2O2. The number of hydrogen-bond donors (Lipinski definition) is 0. The van der Waals surface area contributed by atoms with Crippen molar-refractivity contribution in [1.29, 1.82) is 0 Å². The highest BCUT2D eigenvalue weighted by molar-refractivity contribution is 5.54. The minimum Gasteiger partial charge on any atom is -0.362 e. The molecule has 1 atom stereocenters. The van der Waals surface area contributed by atoms with Gasteiger partial charge < -0.3 is 4.52 Å². The molecule has 0 aromatic carbocycles. The van der Waals surface area contributed by atoms with Gasteiger partial charge in [-0.1, -0.05) is 5.16 Å². The molecule has 10 heavy (non-hydrogen) atoms. The lowest BCUT2D eigenvalue weighted by atomic mass is 10.2. The van der Waals surface area contributed by atoms with Crippen LogP contribution in [0.5, 0.6) is 0 Å². The molecule has 4 nitrogen and oxygen atoms in total. The maximum absolute atomic E-state index is 5.28. The summed E-state index contributed by atoms with van der Waals surface area (Å²) in [6.07, 6.45) is 5.46. The Kier molecular flexibility index (Phi) is 0.561. The molecule has 0 amide bonds. The summed E-state index contributed by atoms with van der Waals surface area (Å²) in [6.45, 7) is 0. The first-order chi connectivity index (χ1) is 4.95. The van der Waals surface area contributed by atoms with E-state index in [1.54, 1.807) is 11.3 Å². The van der Waals surface area contributed by atoms with Crippen LogP contribution in [0.2, 0.25) is 0 Å². The van der Waals surface area contributed by atoms with E-state index in [-0.39, 0.29) is 6.10 Å². The summed E-state index contributed by atoms with van der Waals surface area (Å²) in [5.74, 6) is 0.785. The third kappa shape index (κ3) is 0.331. The fourth-order valence-electron chi connectivity index (χ4n) is 1.23. The van der Waals surface area contributed by atoms with Gasteiger partial charge in [0.1, 0.15) is 12.4 Å². The predicted molar refractivity (Wildman–Crippen MR) is 31.9 cm³/mol. The average molecular weight is 136 g/mol. The zero-order chi connectivity index (χ0) is 6.55. The van der Waals surface area contributed by atoms with Crippen molar-refractivity contribution in [3.63, 3.8) is 0 Å². The van der Waals surface area contributed by atoms with E-state index in [1.165, 1.54) is 0 Å². The SMILES string of the molecule is C1=CN2OC1c1conc12. The van der Waals surface area contributed by atoms with Crippen LogP contribution in [0.3, 0.4) is 0 Å². The second-order valence-electron chi connectivity index (χ2n) is 2.29. The fraction of sp³-hybridized carbons (Fsp3) is 0.167. The molecule has 0 spiro atoms. The molecule has 2 aliphatic heterocycles. The van der Waals surface area contributed by atoms with Gasteiger partial charge >= 0.3 is 0 Å². The Balaban J connectivity index is 2.30. The Morgan fingerprint density at radius 3 is 3.50 bits per heavy atom. The molecular weight excluding hydrogens is 132 g/mol. The Morgan fingerprint density at radius 2 is 2.60 bits per heavy atom. The summed E-state index contributed by atoms with van der Waals surface area (Å²) in [5.41, 5.74) is 1.02. The van der Waals surface area contributed by atoms with Crippen molar-refractivity contribution in [3.8, 4) is 0 Å². The molecule has 3 heterocycles. The quantitative estimate of drug-likeness (QED) is 0.533. The molecule has 50 valence electrons. The third-order valence-corrected chi connectivity index (χ3v) is 1.72. The van der Waals surface area contributed by atoms with Gasteiger partial charge in [-0.05, 0) is 6.08 Å². The maximum atomic E-state index is 5.28. The first-order valence-corrected chi connectivity index (χ1v) is 3.04. The van der Waals surface area contributed by atoms with Crippen LogP contribution in [0.25, 0.3) is 0 Å². The van der Waals surface area contributed by atoms with Crippen LogP contribution >= 0.6 is 0 Å². The normalized spacial score (nSPS) is 26.0. The molecule has 3 rings (SSSR count). The lowest BCUT2D eigenvalue weighted by Crippen LogP contribution is -2.05. The first kappa shape index (κ1) is 4.51. The number of rotatable bonds is 0. The minimum absolute atomic E-state index is 0.0428. The van der Waals surface area contributed by atoms with Crippen molar-refractivity contribution in [1.82, 2.24) is 5.16 Å².